The Morgan fingerprint density at radius 3 is 2.69 bits per heavy atom. The molecule has 1 atom stereocenters. The lowest BCUT2D eigenvalue weighted by atomic mass is 10.1. The highest BCUT2D eigenvalue weighted by atomic mass is 16.3. The summed E-state index contributed by atoms with van der Waals surface area (Å²) < 4.78 is 3.60. The second kappa shape index (κ2) is 7.89. The van der Waals surface area contributed by atoms with Gasteiger partial charge in [0.1, 0.15) is 0 Å². The number of nitrogens with zero attached hydrogens (tertiary/aromatic N) is 3. The quantitative estimate of drug-likeness (QED) is 0.471. The molecule has 0 fully saturated rings. The van der Waals surface area contributed by atoms with Crippen LogP contribution in [-0.4, -0.2) is 30.8 Å². The Labute approximate surface area is 167 Å². The third-order valence-electron chi connectivity index (χ3n) is 5.16. The molecular formula is C22H23N5O2. The summed E-state index contributed by atoms with van der Waals surface area (Å²) in [6.07, 6.45) is 3.57. The second-order valence-electron chi connectivity index (χ2n) is 7.18. The fourth-order valence-electron chi connectivity index (χ4n) is 3.62. The van der Waals surface area contributed by atoms with Gasteiger partial charge < -0.3 is 14.7 Å². The fraction of sp³-hybridized carbons (Fsp3) is 0.227. The van der Waals surface area contributed by atoms with Gasteiger partial charge in [0.2, 0.25) is 5.62 Å². The van der Waals surface area contributed by atoms with Gasteiger partial charge in [0, 0.05) is 24.4 Å². The Bertz CT molecular complexity index is 1250. The smallest absolute Gasteiger partial charge is 0.251 e. The third-order valence-corrected chi connectivity index (χ3v) is 5.16. The molecule has 7 heteroatoms. The summed E-state index contributed by atoms with van der Waals surface area (Å²) in [5.74, 6) is 0. The minimum atomic E-state index is -0.470. The predicted octanol–water partition coefficient (Wildman–Crippen LogP) is 2.14. The average Bonchev–Trinajstić information content (AvgIpc) is 3.01. The Morgan fingerprint density at radius 2 is 1.97 bits per heavy atom. The zero-order valence-corrected chi connectivity index (χ0v) is 16.2. The molecule has 0 spiro atoms. The van der Waals surface area contributed by atoms with Gasteiger partial charge in [-0.1, -0.05) is 35.9 Å². The third kappa shape index (κ3) is 3.64. The van der Waals surface area contributed by atoms with Gasteiger partial charge >= 0.3 is 0 Å². The molecule has 7 nitrogen and oxygen atoms in total. The number of aliphatic hydroxyl groups excluding tert-OH is 1. The average molecular weight is 389 g/mol. The summed E-state index contributed by atoms with van der Waals surface area (Å²) in [4.78, 5) is 19.2. The zero-order chi connectivity index (χ0) is 20.4. The number of rotatable bonds is 6. The van der Waals surface area contributed by atoms with Gasteiger partial charge in [0.05, 0.1) is 24.7 Å². The van der Waals surface area contributed by atoms with Gasteiger partial charge in [0.25, 0.3) is 5.56 Å². The molecular weight excluding hydrogens is 366 g/mol. The highest BCUT2D eigenvalue weighted by Gasteiger charge is 2.20. The van der Waals surface area contributed by atoms with Crippen LogP contribution in [0.2, 0.25) is 0 Å². The molecule has 0 aliphatic rings. The lowest BCUT2D eigenvalue weighted by Crippen LogP contribution is -2.32. The topological polar surface area (TPSA) is 99.7 Å². The van der Waals surface area contributed by atoms with Crippen LogP contribution in [0.3, 0.4) is 0 Å². The number of aliphatic hydroxyl groups is 1. The normalized spacial score (nSPS) is 12.3. The molecule has 0 aliphatic carbocycles. The molecule has 0 amide bonds. The first-order valence-corrected chi connectivity index (χ1v) is 9.52. The van der Waals surface area contributed by atoms with Crippen molar-refractivity contribution in [3.63, 3.8) is 0 Å². The van der Waals surface area contributed by atoms with Crippen molar-refractivity contribution in [1.82, 2.24) is 19.1 Å². The number of fused-ring (bicyclic) bond motifs is 1. The van der Waals surface area contributed by atoms with Crippen LogP contribution in [0.1, 0.15) is 22.7 Å². The van der Waals surface area contributed by atoms with Crippen LogP contribution in [0.25, 0.3) is 11.2 Å². The van der Waals surface area contributed by atoms with Crippen molar-refractivity contribution in [3.05, 3.63) is 93.6 Å². The Morgan fingerprint density at radius 1 is 1.17 bits per heavy atom. The maximum Gasteiger partial charge on any atom is 0.251 e. The number of aryl methyl sites for hydroxylation is 1. The molecule has 3 N–H and O–H groups in total. The van der Waals surface area contributed by atoms with E-state index in [0.717, 1.165) is 11.1 Å². The molecule has 3 heterocycles. The molecule has 0 aliphatic heterocycles. The van der Waals surface area contributed by atoms with Crippen LogP contribution < -0.4 is 11.2 Å². The SMILES string of the molecule is Cc1ccc(Cn2c(=N)n(C(CO)Cc3ccc[nH]c3=O)c3ncccc32)cc1. The lowest BCUT2D eigenvalue weighted by Gasteiger charge is -2.16. The number of hydrogen-bond donors (Lipinski definition) is 3. The molecule has 0 saturated carbocycles. The van der Waals surface area contributed by atoms with Crippen molar-refractivity contribution < 1.29 is 5.11 Å². The number of aromatic nitrogens is 4. The zero-order valence-electron chi connectivity index (χ0n) is 16.2. The summed E-state index contributed by atoms with van der Waals surface area (Å²) in [7, 11) is 0. The van der Waals surface area contributed by atoms with E-state index < -0.39 is 6.04 Å². The predicted molar refractivity (Wildman–Crippen MR) is 111 cm³/mol. The molecule has 0 bridgehead atoms. The number of nitrogens with one attached hydrogen (secondary N) is 2. The van der Waals surface area contributed by atoms with Crippen LogP contribution in [0.5, 0.6) is 0 Å². The first-order chi connectivity index (χ1) is 14.1. The minimum absolute atomic E-state index is 0.186. The van der Waals surface area contributed by atoms with E-state index in [-0.39, 0.29) is 17.8 Å². The van der Waals surface area contributed by atoms with Crippen molar-refractivity contribution in [2.45, 2.75) is 25.9 Å². The van der Waals surface area contributed by atoms with Crippen molar-refractivity contribution in [3.8, 4) is 0 Å². The minimum Gasteiger partial charge on any atom is -0.394 e. The standard InChI is InChI=1S/C22H23N5O2/c1-15-6-8-16(9-7-15)13-26-19-5-3-10-24-20(19)27(22(26)23)18(14-28)12-17-4-2-11-25-21(17)29/h2-11,18,23,28H,12-14H2,1H3,(H,25,29). The molecule has 0 saturated heterocycles. The van der Waals surface area contributed by atoms with Crippen molar-refractivity contribution in [2.75, 3.05) is 6.61 Å². The lowest BCUT2D eigenvalue weighted by molar-refractivity contribution is 0.224. The van der Waals surface area contributed by atoms with Crippen LogP contribution >= 0.6 is 0 Å². The Hall–Kier alpha value is -3.45. The number of imidazole rings is 1. The monoisotopic (exact) mass is 389 g/mol. The molecule has 0 radical (unpaired) electrons. The summed E-state index contributed by atoms with van der Waals surface area (Å²) in [6.45, 7) is 2.36. The number of pyridine rings is 2. The Kier molecular flexibility index (Phi) is 5.14. The van der Waals surface area contributed by atoms with Crippen LogP contribution in [-0.2, 0) is 13.0 Å². The summed E-state index contributed by atoms with van der Waals surface area (Å²) in [6, 6.07) is 15.0. The van der Waals surface area contributed by atoms with Crippen LogP contribution in [0.4, 0.5) is 0 Å². The van der Waals surface area contributed by atoms with E-state index in [0.29, 0.717) is 24.2 Å². The highest BCUT2D eigenvalue weighted by molar-refractivity contribution is 5.71. The fourth-order valence-corrected chi connectivity index (χ4v) is 3.62. The summed E-state index contributed by atoms with van der Waals surface area (Å²) >= 11 is 0. The molecule has 148 valence electrons. The maximum absolute atomic E-state index is 12.1. The van der Waals surface area contributed by atoms with E-state index >= 15 is 0 Å². The van der Waals surface area contributed by atoms with E-state index in [1.807, 2.05) is 35.8 Å². The number of aromatic amines is 1. The van der Waals surface area contributed by atoms with E-state index in [1.54, 1.807) is 29.1 Å². The number of H-pyrrole nitrogens is 1. The molecule has 29 heavy (non-hydrogen) atoms. The Balaban J connectivity index is 1.81. The molecule has 4 aromatic rings. The maximum atomic E-state index is 12.1. The van der Waals surface area contributed by atoms with Crippen molar-refractivity contribution >= 4 is 11.2 Å². The van der Waals surface area contributed by atoms with Gasteiger partial charge in [0.15, 0.2) is 5.65 Å². The first-order valence-electron chi connectivity index (χ1n) is 9.52. The largest absolute Gasteiger partial charge is 0.394 e. The summed E-state index contributed by atoms with van der Waals surface area (Å²) in [5.41, 5.74) is 4.32. The van der Waals surface area contributed by atoms with Crippen molar-refractivity contribution in [1.29, 1.82) is 5.41 Å². The van der Waals surface area contributed by atoms with E-state index in [4.69, 9.17) is 5.41 Å². The van der Waals surface area contributed by atoms with Crippen molar-refractivity contribution in [2.24, 2.45) is 0 Å². The second-order valence-corrected chi connectivity index (χ2v) is 7.18. The first kappa shape index (κ1) is 18.9. The van der Waals surface area contributed by atoms with E-state index in [9.17, 15) is 9.90 Å². The van der Waals surface area contributed by atoms with E-state index in [1.165, 1.54) is 5.56 Å². The number of benzene rings is 1. The van der Waals surface area contributed by atoms with Crippen LogP contribution in [0, 0.1) is 12.3 Å². The van der Waals surface area contributed by atoms with Gasteiger partial charge in [-0.25, -0.2) is 4.98 Å². The molecule has 3 aromatic heterocycles. The summed E-state index contributed by atoms with van der Waals surface area (Å²) in [5, 5.41) is 18.9. The molecule has 1 aromatic carbocycles. The van der Waals surface area contributed by atoms with Gasteiger partial charge in [-0.3, -0.25) is 14.8 Å². The molecule has 1 unspecified atom stereocenters. The van der Waals surface area contributed by atoms with Gasteiger partial charge in [-0.05, 0) is 30.7 Å². The number of hydrogen-bond acceptors (Lipinski definition) is 4. The van der Waals surface area contributed by atoms with Gasteiger partial charge in [-0.15, -0.1) is 0 Å². The van der Waals surface area contributed by atoms with Crippen LogP contribution in [0.15, 0.2) is 65.7 Å². The van der Waals surface area contributed by atoms with E-state index in [2.05, 4.69) is 22.1 Å². The molecule has 4 rings (SSSR count). The van der Waals surface area contributed by atoms with Gasteiger partial charge in [-0.2, -0.15) is 0 Å². The highest BCUT2D eigenvalue weighted by Crippen LogP contribution is 2.19.